The number of benzene rings is 1. The minimum absolute atomic E-state index is 0.0594. The van der Waals surface area contributed by atoms with Crippen LogP contribution in [0.25, 0.3) is 0 Å². The molecule has 3 aliphatic rings. The van der Waals surface area contributed by atoms with Gasteiger partial charge in [-0.3, -0.25) is 9.59 Å². The number of likely N-dealkylation sites (tertiary alicyclic amines) is 1. The van der Waals surface area contributed by atoms with E-state index in [1.165, 1.54) is 0 Å². The molecule has 1 aliphatic carbocycles. The molecular weight excluding hydrogens is 322 g/mol. The second kappa shape index (κ2) is 5.93. The van der Waals surface area contributed by atoms with E-state index < -0.39 is 5.60 Å². The monoisotopic (exact) mass is 345 g/mol. The highest BCUT2D eigenvalue weighted by molar-refractivity contribution is 6.01. The molecular formula is C19H23NO5. The first-order valence-corrected chi connectivity index (χ1v) is 8.83. The van der Waals surface area contributed by atoms with Crippen molar-refractivity contribution in [2.75, 3.05) is 27.3 Å². The van der Waals surface area contributed by atoms with Gasteiger partial charge < -0.3 is 19.1 Å². The zero-order chi connectivity index (χ0) is 17.6. The van der Waals surface area contributed by atoms with E-state index in [0.717, 1.165) is 12.8 Å². The molecule has 1 aromatic rings. The molecule has 1 saturated heterocycles. The molecule has 2 aliphatic heterocycles. The van der Waals surface area contributed by atoms with Crippen molar-refractivity contribution >= 4 is 11.7 Å². The van der Waals surface area contributed by atoms with Gasteiger partial charge in [-0.1, -0.05) is 0 Å². The Kier molecular flexibility index (Phi) is 3.85. The molecule has 6 nitrogen and oxygen atoms in total. The lowest BCUT2D eigenvalue weighted by atomic mass is 9.82. The molecule has 2 heterocycles. The standard InChI is InChI=1S/C19H23NO5/c1-23-15-6-5-13-14(21)11-19(25-16(13)17(15)24-2)7-9-20(10-8-19)18(22)12-3-4-12/h5-6,12H,3-4,7-11H2,1-2H3. The Morgan fingerprint density at radius 1 is 1.20 bits per heavy atom. The number of fused-ring (bicyclic) bond motifs is 1. The van der Waals surface area contributed by atoms with E-state index >= 15 is 0 Å². The van der Waals surface area contributed by atoms with Crippen molar-refractivity contribution in [1.82, 2.24) is 4.90 Å². The van der Waals surface area contributed by atoms with Gasteiger partial charge in [-0.25, -0.2) is 0 Å². The summed E-state index contributed by atoms with van der Waals surface area (Å²) in [5, 5.41) is 0. The summed E-state index contributed by atoms with van der Waals surface area (Å²) >= 11 is 0. The summed E-state index contributed by atoms with van der Waals surface area (Å²) in [6, 6.07) is 3.46. The molecule has 2 fully saturated rings. The van der Waals surface area contributed by atoms with E-state index in [1.807, 2.05) is 4.90 Å². The SMILES string of the molecule is COc1ccc2c(c1OC)OC1(CCN(C(=O)C3CC3)CC1)CC2=O. The largest absolute Gasteiger partial charge is 0.493 e. The number of piperidine rings is 1. The van der Waals surface area contributed by atoms with Crippen molar-refractivity contribution in [3.63, 3.8) is 0 Å². The number of ether oxygens (including phenoxy) is 3. The van der Waals surface area contributed by atoms with Crippen LogP contribution in [0.3, 0.4) is 0 Å². The normalized spacial score (nSPS) is 21.5. The zero-order valence-electron chi connectivity index (χ0n) is 14.7. The average Bonchev–Trinajstić information content (AvgIpc) is 3.46. The molecule has 6 heteroatoms. The molecule has 1 aromatic carbocycles. The van der Waals surface area contributed by atoms with Gasteiger partial charge in [0.2, 0.25) is 11.7 Å². The van der Waals surface area contributed by atoms with E-state index in [4.69, 9.17) is 14.2 Å². The molecule has 0 bridgehead atoms. The van der Waals surface area contributed by atoms with Crippen LogP contribution in [0.5, 0.6) is 17.2 Å². The smallest absolute Gasteiger partial charge is 0.225 e. The Balaban J connectivity index is 1.58. The highest BCUT2D eigenvalue weighted by Gasteiger charge is 2.46. The number of hydrogen-bond acceptors (Lipinski definition) is 5. The minimum atomic E-state index is -0.552. The predicted molar refractivity (Wildman–Crippen MR) is 90.4 cm³/mol. The Bertz CT molecular complexity index is 717. The van der Waals surface area contributed by atoms with Crippen molar-refractivity contribution in [1.29, 1.82) is 0 Å². The van der Waals surface area contributed by atoms with Crippen LogP contribution in [0, 0.1) is 5.92 Å². The van der Waals surface area contributed by atoms with E-state index in [9.17, 15) is 9.59 Å². The van der Waals surface area contributed by atoms with Crippen LogP contribution < -0.4 is 14.2 Å². The maximum Gasteiger partial charge on any atom is 0.225 e. The first kappa shape index (κ1) is 16.2. The molecule has 0 N–H and O–H groups in total. The molecule has 1 saturated carbocycles. The van der Waals surface area contributed by atoms with E-state index in [2.05, 4.69) is 0 Å². The first-order valence-electron chi connectivity index (χ1n) is 8.83. The van der Waals surface area contributed by atoms with Crippen LogP contribution in [-0.2, 0) is 4.79 Å². The van der Waals surface area contributed by atoms with Gasteiger partial charge in [-0.2, -0.15) is 0 Å². The van der Waals surface area contributed by atoms with Crippen molar-refractivity contribution in [3.05, 3.63) is 17.7 Å². The number of amides is 1. The second-order valence-corrected chi connectivity index (χ2v) is 7.16. The summed E-state index contributed by atoms with van der Waals surface area (Å²) in [5.41, 5.74) is -0.0101. The third-order valence-corrected chi connectivity index (χ3v) is 5.51. The van der Waals surface area contributed by atoms with Crippen molar-refractivity contribution in [2.45, 2.75) is 37.7 Å². The van der Waals surface area contributed by atoms with Crippen molar-refractivity contribution < 1.29 is 23.8 Å². The first-order chi connectivity index (χ1) is 12.1. The number of Topliss-reactive ketones (excluding diaryl/α,β-unsaturated/α-hetero) is 1. The summed E-state index contributed by atoms with van der Waals surface area (Å²) in [5.74, 6) is 2.03. The Morgan fingerprint density at radius 2 is 1.92 bits per heavy atom. The van der Waals surface area contributed by atoms with Gasteiger partial charge in [-0.15, -0.1) is 0 Å². The van der Waals surface area contributed by atoms with E-state index in [1.54, 1.807) is 26.4 Å². The summed E-state index contributed by atoms with van der Waals surface area (Å²) in [4.78, 5) is 26.9. The van der Waals surface area contributed by atoms with Gasteiger partial charge in [0, 0.05) is 31.8 Å². The summed E-state index contributed by atoms with van der Waals surface area (Å²) in [6.07, 6.45) is 3.70. The molecule has 1 amide bonds. The van der Waals surface area contributed by atoms with Crippen LogP contribution >= 0.6 is 0 Å². The Morgan fingerprint density at radius 3 is 2.52 bits per heavy atom. The Labute approximate surface area is 147 Å². The number of carbonyl (C=O) groups excluding carboxylic acids is 2. The lowest BCUT2D eigenvalue weighted by Crippen LogP contribution is -2.52. The number of ketones is 1. The van der Waals surface area contributed by atoms with Gasteiger partial charge in [0.15, 0.2) is 17.3 Å². The molecule has 134 valence electrons. The lowest BCUT2D eigenvalue weighted by Gasteiger charge is -2.44. The third-order valence-electron chi connectivity index (χ3n) is 5.51. The van der Waals surface area contributed by atoms with Crippen molar-refractivity contribution in [3.8, 4) is 17.2 Å². The lowest BCUT2D eigenvalue weighted by molar-refractivity contribution is -0.136. The van der Waals surface area contributed by atoms with Gasteiger partial charge in [0.1, 0.15) is 5.60 Å². The molecule has 0 radical (unpaired) electrons. The molecule has 0 aromatic heterocycles. The molecule has 25 heavy (non-hydrogen) atoms. The maximum atomic E-state index is 12.7. The summed E-state index contributed by atoms with van der Waals surface area (Å²) < 4.78 is 17.1. The third kappa shape index (κ3) is 2.73. The summed E-state index contributed by atoms with van der Waals surface area (Å²) in [7, 11) is 3.11. The quantitative estimate of drug-likeness (QED) is 0.842. The van der Waals surface area contributed by atoms with Crippen LogP contribution in [0.15, 0.2) is 12.1 Å². The van der Waals surface area contributed by atoms with Gasteiger partial charge in [0.05, 0.1) is 26.2 Å². The fourth-order valence-corrected chi connectivity index (χ4v) is 3.86. The fraction of sp³-hybridized carbons (Fsp3) is 0.579. The second-order valence-electron chi connectivity index (χ2n) is 7.16. The number of nitrogens with zero attached hydrogens (tertiary/aromatic N) is 1. The highest BCUT2D eigenvalue weighted by atomic mass is 16.5. The van der Waals surface area contributed by atoms with Crippen LogP contribution in [0.2, 0.25) is 0 Å². The van der Waals surface area contributed by atoms with Crippen LogP contribution in [0.1, 0.15) is 42.5 Å². The fourth-order valence-electron chi connectivity index (χ4n) is 3.86. The number of rotatable bonds is 3. The topological polar surface area (TPSA) is 65.1 Å². The molecule has 0 unspecified atom stereocenters. The van der Waals surface area contributed by atoms with Crippen molar-refractivity contribution in [2.24, 2.45) is 5.92 Å². The van der Waals surface area contributed by atoms with Crippen LogP contribution in [0.4, 0.5) is 0 Å². The zero-order valence-corrected chi connectivity index (χ0v) is 14.7. The number of methoxy groups -OCH3 is 2. The molecule has 1 spiro atoms. The van der Waals surface area contributed by atoms with Gasteiger partial charge >= 0.3 is 0 Å². The average molecular weight is 345 g/mol. The Hall–Kier alpha value is -2.24. The predicted octanol–water partition coefficient (Wildman–Crippen LogP) is 2.44. The highest BCUT2D eigenvalue weighted by Crippen LogP contribution is 2.48. The van der Waals surface area contributed by atoms with Gasteiger partial charge in [0.25, 0.3) is 0 Å². The maximum absolute atomic E-state index is 12.7. The van der Waals surface area contributed by atoms with E-state index in [-0.39, 0.29) is 17.6 Å². The van der Waals surface area contributed by atoms with Gasteiger partial charge in [-0.05, 0) is 25.0 Å². The molecule has 0 atom stereocenters. The van der Waals surface area contributed by atoms with E-state index in [0.29, 0.717) is 55.2 Å². The summed E-state index contributed by atoms with van der Waals surface area (Å²) in [6.45, 7) is 1.29. The molecule has 4 rings (SSSR count). The number of carbonyl (C=O) groups is 2. The minimum Gasteiger partial charge on any atom is -0.493 e. The number of hydrogen-bond donors (Lipinski definition) is 0. The van der Waals surface area contributed by atoms with Crippen LogP contribution in [-0.4, -0.2) is 49.5 Å².